The highest BCUT2D eigenvalue weighted by Crippen LogP contribution is 2.19. The Kier molecular flexibility index (Phi) is 4.16. The summed E-state index contributed by atoms with van der Waals surface area (Å²) in [5.41, 5.74) is 0.214. The number of rotatable bonds is 5. The van der Waals surface area contributed by atoms with Crippen LogP contribution < -0.4 is 10.1 Å². The SMILES string of the molecule is CNc1nc(OCCC(C)(C)C)nc(-n2ccnc2)n1. The number of hydrogen-bond donors (Lipinski definition) is 1. The summed E-state index contributed by atoms with van der Waals surface area (Å²) in [6.45, 7) is 7.07. The number of hydrogen-bond acceptors (Lipinski definition) is 6. The van der Waals surface area contributed by atoms with Gasteiger partial charge in [0, 0.05) is 19.4 Å². The zero-order chi connectivity index (χ0) is 14.6. The van der Waals surface area contributed by atoms with Crippen molar-refractivity contribution in [3.63, 3.8) is 0 Å². The van der Waals surface area contributed by atoms with Gasteiger partial charge in [-0.3, -0.25) is 4.57 Å². The molecule has 0 aliphatic rings. The molecular formula is C13H20N6O. The van der Waals surface area contributed by atoms with Crippen LogP contribution in [-0.2, 0) is 0 Å². The molecule has 0 aromatic carbocycles. The molecule has 0 radical (unpaired) electrons. The smallest absolute Gasteiger partial charge is 0.323 e. The Morgan fingerprint density at radius 2 is 2.05 bits per heavy atom. The maximum Gasteiger partial charge on any atom is 0.323 e. The first kappa shape index (κ1) is 14.2. The second-order valence-electron chi connectivity index (χ2n) is 5.62. The summed E-state index contributed by atoms with van der Waals surface area (Å²) in [7, 11) is 1.76. The van der Waals surface area contributed by atoms with E-state index in [1.54, 1.807) is 30.3 Å². The average Bonchev–Trinajstić information content (AvgIpc) is 2.90. The van der Waals surface area contributed by atoms with E-state index in [9.17, 15) is 0 Å². The molecule has 2 aromatic heterocycles. The highest BCUT2D eigenvalue weighted by molar-refractivity contribution is 5.29. The summed E-state index contributed by atoms with van der Waals surface area (Å²) in [4.78, 5) is 16.7. The van der Waals surface area contributed by atoms with Gasteiger partial charge in [0.15, 0.2) is 0 Å². The van der Waals surface area contributed by atoms with Crippen molar-refractivity contribution in [2.75, 3.05) is 19.0 Å². The van der Waals surface area contributed by atoms with E-state index in [2.05, 4.69) is 46.0 Å². The highest BCUT2D eigenvalue weighted by atomic mass is 16.5. The molecule has 0 saturated carbocycles. The Labute approximate surface area is 118 Å². The molecule has 0 amide bonds. The van der Waals surface area contributed by atoms with Crippen LogP contribution in [0.5, 0.6) is 6.01 Å². The Hall–Kier alpha value is -2.18. The van der Waals surface area contributed by atoms with Gasteiger partial charge in [-0.25, -0.2) is 4.98 Å². The molecule has 108 valence electrons. The molecule has 2 aromatic rings. The van der Waals surface area contributed by atoms with Crippen molar-refractivity contribution in [1.29, 1.82) is 0 Å². The lowest BCUT2D eigenvalue weighted by Crippen LogP contribution is -2.13. The lowest BCUT2D eigenvalue weighted by atomic mass is 9.93. The Morgan fingerprint density at radius 3 is 2.65 bits per heavy atom. The molecule has 7 heteroatoms. The first-order valence-corrected chi connectivity index (χ1v) is 6.53. The van der Waals surface area contributed by atoms with E-state index in [1.807, 2.05) is 0 Å². The second kappa shape index (κ2) is 5.85. The molecule has 2 heterocycles. The van der Waals surface area contributed by atoms with Crippen molar-refractivity contribution in [3.05, 3.63) is 18.7 Å². The first-order chi connectivity index (χ1) is 9.48. The van der Waals surface area contributed by atoms with Gasteiger partial charge in [0.1, 0.15) is 6.33 Å². The Bertz CT molecular complexity index is 546. The van der Waals surface area contributed by atoms with Crippen molar-refractivity contribution in [2.24, 2.45) is 5.41 Å². The fourth-order valence-electron chi connectivity index (χ4n) is 1.46. The summed E-state index contributed by atoms with van der Waals surface area (Å²) < 4.78 is 7.33. The molecule has 1 N–H and O–H groups in total. The van der Waals surface area contributed by atoms with Gasteiger partial charge < -0.3 is 10.1 Å². The van der Waals surface area contributed by atoms with Crippen molar-refractivity contribution in [1.82, 2.24) is 24.5 Å². The van der Waals surface area contributed by atoms with Crippen molar-refractivity contribution < 1.29 is 4.74 Å². The average molecular weight is 276 g/mol. The minimum atomic E-state index is 0.214. The fourth-order valence-corrected chi connectivity index (χ4v) is 1.46. The van der Waals surface area contributed by atoms with Crippen LogP contribution in [0.25, 0.3) is 5.95 Å². The Morgan fingerprint density at radius 1 is 1.25 bits per heavy atom. The van der Waals surface area contributed by atoms with Gasteiger partial charge in [0.2, 0.25) is 11.9 Å². The van der Waals surface area contributed by atoms with E-state index in [4.69, 9.17) is 4.74 Å². The first-order valence-electron chi connectivity index (χ1n) is 6.53. The number of anilines is 1. The van der Waals surface area contributed by atoms with Crippen molar-refractivity contribution in [3.8, 4) is 12.0 Å². The topological polar surface area (TPSA) is 77.8 Å². The molecule has 7 nitrogen and oxygen atoms in total. The zero-order valence-electron chi connectivity index (χ0n) is 12.3. The largest absolute Gasteiger partial charge is 0.463 e. The predicted molar refractivity (Wildman–Crippen MR) is 76.1 cm³/mol. The minimum absolute atomic E-state index is 0.214. The number of nitrogens with one attached hydrogen (secondary N) is 1. The van der Waals surface area contributed by atoms with Crippen LogP contribution in [-0.4, -0.2) is 38.2 Å². The van der Waals surface area contributed by atoms with Gasteiger partial charge in [-0.1, -0.05) is 20.8 Å². The molecule has 0 aliphatic carbocycles. The van der Waals surface area contributed by atoms with Crippen LogP contribution in [0.2, 0.25) is 0 Å². The number of nitrogens with zero attached hydrogens (tertiary/aromatic N) is 5. The maximum atomic E-state index is 5.63. The summed E-state index contributed by atoms with van der Waals surface area (Å²) in [5, 5.41) is 2.90. The van der Waals surface area contributed by atoms with E-state index in [0.29, 0.717) is 24.5 Å². The van der Waals surface area contributed by atoms with Crippen molar-refractivity contribution in [2.45, 2.75) is 27.2 Å². The van der Waals surface area contributed by atoms with Gasteiger partial charge in [-0.05, 0) is 11.8 Å². The third-order valence-electron chi connectivity index (χ3n) is 2.65. The molecule has 0 saturated heterocycles. The van der Waals surface area contributed by atoms with Gasteiger partial charge in [-0.15, -0.1) is 0 Å². The van der Waals surface area contributed by atoms with E-state index >= 15 is 0 Å². The van der Waals surface area contributed by atoms with Crippen molar-refractivity contribution >= 4 is 5.95 Å². The van der Waals surface area contributed by atoms with Gasteiger partial charge in [0.25, 0.3) is 0 Å². The molecule has 0 aliphatic heterocycles. The van der Waals surface area contributed by atoms with Crippen LogP contribution in [0.4, 0.5) is 5.95 Å². The summed E-state index contributed by atoms with van der Waals surface area (Å²) in [5.74, 6) is 0.946. The van der Waals surface area contributed by atoms with E-state index in [0.717, 1.165) is 6.42 Å². The molecule has 20 heavy (non-hydrogen) atoms. The summed E-state index contributed by atoms with van der Waals surface area (Å²) in [6, 6.07) is 0.317. The molecule has 0 spiro atoms. The quantitative estimate of drug-likeness (QED) is 0.899. The lowest BCUT2D eigenvalue weighted by Gasteiger charge is -2.17. The van der Waals surface area contributed by atoms with Gasteiger partial charge in [-0.2, -0.15) is 15.0 Å². The number of aromatic nitrogens is 5. The summed E-state index contributed by atoms with van der Waals surface area (Å²) in [6.07, 6.45) is 6.00. The van der Waals surface area contributed by atoms with Crippen LogP contribution in [0.15, 0.2) is 18.7 Å². The molecule has 0 atom stereocenters. The predicted octanol–water partition coefficient (Wildman–Crippen LogP) is 1.91. The fraction of sp³-hybridized carbons (Fsp3) is 0.538. The normalized spacial score (nSPS) is 11.4. The van der Waals surface area contributed by atoms with Gasteiger partial charge in [0.05, 0.1) is 6.61 Å². The highest BCUT2D eigenvalue weighted by Gasteiger charge is 2.12. The summed E-state index contributed by atoms with van der Waals surface area (Å²) >= 11 is 0. The monoisotopic (exact) mass is 276 g/mol. The molecule has 0 fully saturated rings. The van der Waals surface area contributed by atoms with Gasteiger partial charge >= 0.3 is 6.01 Å². The minimum Gasteiger partial charge on any atom is -0.463 e. The maximum absolute atomic E-state index is 5.63. The van der Waals surface area contributed by atoms with Crippen LogP contribution in [0.1, 0.15) is 27.2 Å². The standard InChI is InChI=1S/C13H20N6O/c1-13(2,3)5-8-20-12-17-10(14-4)16-11(18-12)19-7-6-15-9-19/h6-7,9H,5,8H2,1-4H3,(H,14,16,17,18). The Balaban J connectivity index is 2.14. The number of imidazole rings is 1. The van der Waals surface area contributed by atoms with Crippen LogP contribution in [0, 0.1) is 5.41 Å². The van der Waals surface area contributed by atoms with E-state index < -0.39 is 0 Å². The molecule has 0 unspecified atom stereocenters. The molecular weight excluding hydrogens is 256 g/mol. The van der Waals surface area contributed by atoms with E-state index in [1.165, 1.54) is 0 Å². The number of ether oxygens (including phenoxy) is 1. The molecule has 0 bridgehead atoms. The lowest BCUT2D eigenvalue weighted by molar-refractivity contribution is 0.228. The van der Waals surface area contributed by atoms with E-state index in [-0.39, 0.29) is 5.41 Å². The van der Waals surface area contributed by atoms with Crippen LogP contribution in [0.3, 0.4) is 0 Å². The third kappa shape index (κ3) is 3.91. The zero-order valence-corrected chi connectivity index (χ0v) is 12.3. The molecule has 2 rings (SSSR count). The second-order valence-corrected chi connectivity index (χ2v) is 5.62. The van der Waals surface area contributed by atoms with Crippen LogP contribution >= 0.6 is 0 Å². The third-order valence-corrected chi connectivity index (χ3v) is 2.65.